The van der Waals surface area contributed by atoms with E-state index in [4.69, 9.17) is 17.3 Å². The number of amides is 1. The maximum Gasteiger partial charge on any atom is 0.253 e. The second-order valence-corrected chi connectivity index (χ2v) is 6.44. The monoisotopic (exact) mass is 294 g/mol. The van der Waals surface area contributed by atoms with Crippen LogP contribution in [0.25, 0.3) is 0 Å². The molecule has 1 aliphatic rings. The average molecular weight is 295 g/mol. The smallest absolute Gasteiger partial charge is 0.253 e. The third kappa shape index (κ3) is 3.66. The molecule has 0 spiro atoms. The van der Waals surface area contributed by atoms with Crippen LogP contribution in [0, 0.1) is 11.8 Å². The van der Waals surface area contributed by atoms with Gasteiger partial charge in [-0.15, -0.1) is 0 Å². The predicted octanol–water partition coefficient (Wildman–Crippen LogP) is 3.82. The molecule has 1 saturated heterocycles. The first kappa shape index (κ1) is 15.2. The lowest BCUT2D eigenvalue weighted by Crippen LogP contribution is -2.32. The van der Waals surface area contributed by atoms with Gasteiger partial charge >= 0.3 is 0 Å². The highest BCUT2D eigenvalue weighted by molar-refractivity contribution is 6.31. The normalized spacial score (nSPS) is 20.0. The van der Waals surface area contributed by atoms with Gasteiger partial charge in [0, 0.05) is 29.4 Å². The lowest BCUT2D eigenvalue weighted by atomic mass is 9.89. The van der Waals surface area contributed by atoms with Gasteiger partial charge in [-0.2, -0.15) is 0 Å². The molecule has 2 N–H and O–H groups in total. The number of nitrogens with two attached hydrogens (primary N) is 1. The summed E-state index contributed by atoms with van der Waals surface area (Å²) in [4.78, 5) is 14.5. The predicted molar refractivity (Wildman–Crippen MR) is 83.9 cm³/mol. The fourth-order valence-corrected chi connectivity index (χ4v) is 3.15. The van der Waals surface area contributed by atoms with Crippen LogP contribution in [-0.4, -0.2) is 23.9 Å². The summed E-state index contributed by atoms with van der Waals surface area (Å²) in [6, 6.07) is 5.07. The lowest BCUT2D eigenvalue weighted by molar-refractivity contribution is 0.0759. The van der Waals surface area contributed by atoms with Crippen molar-refractivity contribution in [2.45, 2.75) is 33.1 Å². The van der Waals surface area contributed by atoms with Gasteiger partial charge in [0.2, 0.25) is 0 Å². The van der Waals surface area contributed by atoms with Crippen molar-refractivity contribution in [3.8, 4) is 0 Å². The number of carbonyl (C=O) groups is 1. The van der Waals surface area contributed by atoms with Gasteiger partial charge in [0.05, 0.1) is 0 Å². The second-order valence-electron chi connectivity index (χ2n) is 6.00. The van der Waals surface area contributed by atoms with Crippen LogP contribution in [0.4, 0.5) is 5.69 Å². The third-order valence-corrected chi connectivity index (χ3v) is 4.39. The number of anilines is 1. The largest absolute Gasteiger partial charge is 0.399 e. The Morgan fingerprint density at radius 1 is 1.30 bits per heavy atom. The molecule has 0 radical (unpaired) electrons. The molecule has 1 atom stereocenters. The highest BCUT2D eigenvalue weighted by Gasteiger charge is 2.23. The Morgan fingerprint density at radius 2 is 2.05 bits per heavy atom. The van der Waals surface area contributed by atoms with Gasteiger partial charge in [-0.05, 0) is 49.3 Å². The Hall–Kier alpha value is -1.22. The van der Waals surface area contributed by atoms with E-state index in [1.54, 1.807) is 18.2 Å². The molecule has 110 valence electrons. The van der Waals surface area contributed by atoms with Gasteiger partial charge < -0.3 is 10.6 Å². The summed E-state index contributed by atoms with van der Waals surface area (Å²) < 4.78 is 0. The van der Waals surface area contributed by atoms with Crippen LogP contribution in [0.1, 0.15) is 43.5 Å². The highest BCUT2D eigenvalue weighted by atomic mass is 35.5. The van der Waals surface area contributed by atoms with Crippen LogP contribution in [0.5, 0.6) is 0 Å². The highest BCUT2D eigenvalue weighted by Crippen LogP contribution is 2.26. The summed E-state index contributed by atoms with van der Waals surface area (Å²) in [5.41, 5.74) is 6.90. The summed E-state index contributed by atoms with van der Waals surface area (Å²) in [6.45, 7) is 6.18. The van der Waals surface area contributed by atoms with Crippen molar-refractivity contribution in [1.82, 2.24) is 4.90 Å². The van der Waals surface area contributed by atoms with Crippen LogP contribution >= 0.6 is 11.6 Å². The quantitative estimate of drug-likeness (QED) is 0.843. The zero-order valence-electron chi connectivity index (χ0n) is 12.2. The number of halogens is 1. The van der Waals surface area contributed by atoms with Crippen LogP contribution in [0.3, 0.4) is 0 Å². The fraction of sp³-hybridized carbons (Fsp3) is 0.562. The number of carbonyl (C=O) groups excluding carboxylic acids is 1. The van der Waals surface area contributed by atoms with Gasteiger partial charge in [-0.1, -0.05) is 25.4 Å². The summed E-state index contributed by atoms with van der Waals surface area (Å²) in [6.07, 6.45) is 3.36. The van der Waals surface area contributed by atoms with E-state index in [1.807, 2.05) is 4.90 Å². The first-order chi connectivity index (χ1) is 9.47. The Kier molecular flexibility index (Phi) is 4.92. The minimum Gasteiger partial charge on any atom is -0.399 e. The number of nitrogens with zero attached hydrogens (tertiary/aromatic N) is 1. The summed E-state index contributed by atoms with van der Waals surface area (Å²) >= 11 is 5.98. The molecule has 0 saturated carbocycles. The molecule has 2 rings (SSSR count). The maximum absolute atomic E-state index is 12.5. The molecule has 1 amide bonds. The standard InChI is InChI=1S/C16H23ClN2O/c1-11(2)12-4-3-6-19(7-5-12)16(20)13-8-14(17)10-15(18)9-13/h8-12H,3-7,18H2,1-2H3. The van der Waals surface area contributed by atoms with Crippen LogP contribution in [0.2, 0.25) is 5.02 Å². The number of nitrogen functional groups attached to an aromatic ring is 1. The molecule has 1 unspecified atom stereocenters. The van der Waals surface area contributed by atoms with E-state index in [-0.39, 0.29) is 5.91 Å². The van der Waals surface area contributed by atoms with E-state index in [2.05, 4.69) is 13.8 Å². The first-order valence-electron chi connectivity index (χ1n) is 7.32. The molecule has 0 aromatic heterocycles. The number of benzene rings is 1. The van der Waals surface area contributed by atoms with Crippen molar-refractivity contribution in [3.05, 3.63) is 28.8 Å². The summed E-state index contributed by atoms with van der Waals surface area (Å²) in [7, 11) is 0. The van der Waals surface area contributed by atoms with Crippen molar-refractivity contribution < 1.29 is 4.79 Å². The fourth-order valence-electron chi connectivity index (χ4n) is 2.91. The number of hydrogen-bond acceptors (Lipinski definition) is 2. The molecule has 4 heteroatoms. The molecule has 3 nitrogen and oxygen atoms in total. The van der Waals surface area contributed by atoms with E-state index < -0.39 is 0 Å². The number of rotatable bonds is 2. The van der Waals surface area contributed by atoms with Crippen LogP contribution in [0.15, 0.2) is 18.2 Å². The van der Waals surface area contributed by atoms with Crippen molar-refractivity contribution in [1.29, 1.82) is 0 Å². The van der Waals surface area contributed by atoms with Gasteiger partial charge in [-0.25, -0.2) is 0 Å². The van der Waals surface area contributed by atoms with Gasteiger partial charge in [0.15, 0.2) is 0 Å². The molecule has 1 aliphatic heterocycles. The topological polar surface area (TPSA) is 46.3 Å². The van der Waals surface area contributed by atoms with Crippen molar-refractivity contribution in [2.75, 3.05) is 18.8 Å². The minimum absolute atomic E-state index is 0.0450. The molecule has 20 heavy (non-hydrogen) atoms. The van der Waals surface area contributed by atoms with Gasteiger partial charge in [0.25, 0.3) is 5.91 Å². The third-order valence-electron chi connectivity index (χ3n) is 4.17. The molecule has 1 aromatic rings. The van der Waals surface area contributed by atoms with Gasteiger partial charge in [0.1, 0.15) is 0 Å². The Balaban J connectivity index is 2.09. The molecular weight excluding hydrogens is 272 g/mol. The lowest BCUT2D eigenvalue weighted by Gasteiger charge is -2.22. The SMILES string of the molecule is CC(C)C1CCCN(C(=O)c2cc(N)cc(Cl)c2)CC1. The summed E-state index contributed by atoms with van der Waals surface area (Å²) in [5.74, 6) is 1.45. The zero-order chi connectivity index (χ0) is 14.7. The molecule has 0 aliphatic carbocycles. The van der Waals surface area contributed by atoms with Crippen LogP contribution < -0.4 is 5.73 Å². The van der Waals surface area contributed by atoms with Crippen molar-refractivity contribution in [3.63, 3.8) is 0 Å². The minimum atomic E-state index is 0.0450. The molecule has 1 heterocycles. The van der Waals surface area contributed by atoms with Crippen LogP contribution in [-0.2, 0) is 0 Å². The molecule has 0 bridgehead atoms. The van der Waals surface area contributed by atoms with E-state index in [0.717, 1.165) is 31.8 Å². The Morgan fingerprint density at radius 3 is 2.70 bits per heavy atom. The summed E-state index contributed by atoms with van der Waals surface area (Å²) in [5, 5.41) is 0.517. The van der Waals surface area contributed by atoms with E-state index >= 15 is 0 Å². The van der Waals surface area contributed by atoms with Crippen molar-refractivity contribution >= 4 is 23.2 Å². The van der Waals surface area contributed by atoms with E-state index in [9.17, 15) is 4.79 Å². The second kappa shape index (κ2) is 6.49. The zero-order valence-corrected chi connectivity index (χ0v) is 13.0. The number of hydrogen-bond donors (Lipinski definition) is 1. The molecule has 1 aromatic carbocycles. The maximum atomic E-state index is 12.5. The molecular formula is C16H23ClN2O. The Bertz CT molecular complexity index is 467. The Labute approximate surface area is 126 Å². The van der Waals surface area contributed by atoms with E-state index in [0.29, 0.717) is 22.2 Å². The number of likely N-dealkylation sites (tertiary alicyclic amines) is 1. The molecule has 1 fully saturated rings. The average Bonchev–Trinajstić information content (AvgIpc) is 2.62. The van der Waals surface area contributed by atoms with E-state index in [1.165, 1.54) is 6.42 Å². The first-order valence-corrected chi connectivity index (χ1v) is 7.70. The van der Waals surface area contributed by atoms with Gasteiger partial charge in [-0.3, -0.25) is 4.79 Å². The van der Waals surface area contributed by atoms with Crippen molar-refractivity contribution in [2.24, 2.45) is 11.8 Å².